The molecule has 0 radical (unpaired) electrons. The second-order valence-corrected chi connectivity index (χ2v) is 4.97. The lowest BCUT2D eigenvalue weighted by atomic mass is 10.0. The number of fused-ring (bicyclic) bond motifs is 1. The average molecular weight is 270 g/mol. The summed E-state index contributed by atoms with van der Waals surface area (Å²) in [5, 5.41) is 0. The first-order chi connectivity index (χ1) is 9.74. The molecule has 0 fully saturated rings. The molecule has 3 rings (SSSR count). The van der Waals surface area contributed by atoms with Gasteiger partial charge in [0.1, 0.15) is 0 Å². The normalized spacial score (nSPS) is 14.6. The molecule has 0 atom stereocenters. The molecule has 1 aromatic carbocycles. The summed E-state index contributed by atoms with van der Waals surface area (Å²) in [6.45, 7) is 1.32. The van der Waals surface area contributed by atoms with E-state index in [1.54, 1.807) is 4.90 Å². The van der Waals surface area contributed by atoms with Gasteiger partial charge in [0.15, 0.2) is 0 Å². The Hall–Kier alpha value is -2.23. The highest BCUT2D eigenvalue weighted by molar-refractivity contribution is 5.93. The zero-order chi connectivity index (χ0) is 13.9. The van der Waals surface area contributed by atoms with Crippen LogP contribution in [0.4, 0.5) is 4.39 Å². The quantitative estimate of drug-likeness (QED) is 0.747. The topological polar surface area (TPSA) is 33.2 Å². The lowest BCUT2D eigenvalue weighted by Gasteiger charge is -2.20. The van der Waals surface area contributed by atoms with Crippen LogP contribution in [0.1, 0.15) is 27.9 Å². The SMILES string of the molecule is O=C(c1ccc(F)nc1)N1CCCc2ccccc2C1. The zero-order valence-corrected chi connectivity index (χ0v) is 11.1. The summed E-state index contributed by atoms with van der Waals surface area (Å²) >= 11 is 0. The number of aromatic nitrogens is 1. The molecule has 0 saturated carbocycles. The molecule has 0 N–H and O–H groups in total. The Morgan fingerprint density at radius 1 is 1.15 bits per heavy atom. The summed E-state index contributed by atoms with van der Waals surface area (Å²) in [6.07, 6.45) is 3.23. The number of halogens is 1. The molecule has 0 bridgehead atoms. The maximum Gasteiger partial charge on any atom is 0.255 e. The van der Waals surface area contributed by atoms with Gasteiger partial charge < -0.3 is 4.90 Å². The molecule has 0 aliphatic carbocycles. The molecule has 1 aromatic heterocycles. The lowest BCUT2D eigenvalue weighted by Crippen LogP contribution is -2.30. The van der Waals surface area contributed by atoms with Gasteiger partial charge in [-0.1, -0.05) is 24.3 Å². The number of hydrogen-bond donors (Lipinski definition) is 0. The molecule has 1 aliphatic rings. The first kappa shape index (κ1) is 12.8. The van der Waals surface area contributed by atoms with Crippen molar-refractivity contribution in [2.24, 2.45) is 0 Å². The van der Waals surface area contributed by atoms with Crippen molar-refractivity contribution in [3.8, 4) is 0 Å². The van der Waals surface area contributed by atoms with Crippen molar-refractivity contribution in [2.45, 2.75) is 19.4 Å². The summed E-state index contributed by atoms with van der Waals surface area (Å²) in [7, 11) is 0. The maximum absolute atomic E-state index is 12.8. The number of nitrogens with zero attached hydrogens (tertiary/aromatic N) is 2. The van der Waals surface area contributed by atoms with Crippen molar-refractivity contribution in [3.63, 3.8) is 0 Å². The summed E-state index contributed by atoms with van der Waals surface area (Å²) in [4.78, 5) is 17.8. The molecule has 0 saturated heterocycles. The van der Waals surface area contributed by atoms with Gasteiger partial charge in [-0.2, -0.15) is 4.39 Å². The number of aryl methyl sites for hydroxylation is 1. The van der Waals surface area contributed by atoms with E-state index in [4.69, 9.17) is 0 Å². The largest absolute Gasteiger partial charge is 0.334 e. The standard InChI is InChI=1S/C16H15FN2O/c17-15-8-7-13(10-18-15)16(20)19-9-3-6-12-4-1-2-5-14(12)11-19/h1-2,4-5,7-8,10H,3,6,9,11H2. The van der Waals surface area contributed by atoms with E-state index < -0.39 is 5.95 Å². The van der Waals surface area contributed by atoms with E-state index in [9.17, 15) is 9.18 Å². The van der Waals surface area contributed by atoms with E-state index in [1.165, 1.54) is 29.5 Å². The molecule has 3 nitrogen and oxygen atoms in total. The van der Waals surface area contributed by atoms with Crippen LogP contribution in [0.5, 0.6) is 0 Å². The van der Waals surface area contributed by atoms with Gasteiger partial charge in [-0.3, -0.25) is 4.79 Å². The highest BCUT2D eigenvalue weighted by Crippen LogP contribution is 2.19. The first-order valence-electron chi connectivity index (χ1n) is 6.71. The highest BCUT2D eigenvalue weighted by Gasteiger charge is 2.20. The van der Waals surface area contributed by atoms with Gasteiger partial charge in [-0.05, 0) is 36.1 Å². The van der Waals surface area contributed by atoms with Crippen molar-refractivity contribution in [3.05, 3.63) is 65.2 Å². The fourth-order valence-electron chi connectivity index (χ4n) is 2.56. The third-order valence-corrected chi connectivity index (χ3v) is 3.62. The van der Waals surface area contributed by atoms with Gasteiger partial charge in [0.05, 0.1) is 5.56 Å². The molecule has 2 aromatic rings. The van der Waals surface area contributed by atoms with Crippen LogP contribution in [0.3, 0.4) is 0 Å². The number of amides is 1. The van der Waals surface area contributed by atoms with Crippen molar-refractivity contribution >= 4 is 5.91 Å². The Kier molecular flexibility index (Phi) is 3.46. The molecule has 0 unspecified atom stereocenters. The van der Waals surface area contributed by atoms with Crippen LogP contribution in [0, 0.1) is 5.95 Å². The molecule has 2 heterocycles. The molecular formula is C16H15FN2O. The monoisotopic (exact) mass is 270 g/mol. The maximum atomic E-state index is 12.8. The third-order valence-electron chi connectivity index (χ3n) is 3.62. The summed E-state index contributed by atoms with van der Waals surface area (Å²) in [5.74, 6) is -0.656. The van der Waals surface area contributed by atoms with E-state index >= 15 is 0 Å². The number of pyridine rings is 1. The number of benzene rings is 1. The number of carbonyl (C=O) groups is 1. The number of hydrogen-bond acceptors (Lipinski definition) is 2. The minimum atomic E-state index is -0.567. The molecule has 4 heteroatoms. The van der Waals surface area contributed by atoms with E-state index in [0.29, 0.717) is 18.7 Å². The van der Waals surface area contributed by atoms with E-state index in [0.717, 1.165) is 12.8 Å². The van der Waals surface area contributed by atoms with Crippen LogP contribution in [-0.2, 0) is 13.0 Å². The van der Waals surface area contributed by atoms with Gasteiger partial charge in [0, 0.05) is 19.3 Å². The molecule has 20 heavy (non-hydrogen) atoms. The second-order valence-electron chi connectivity index (χ2n) is 4.97. The Balaban J connectivity index is 1.84. The second kappa shape index (κ2) is 5.41. The van der Waals surface area contributed by atoms with Crippen LogP contribution < -0.4 is 0 Å². The Bertz CT molecular complexity index is 625. The third kappa shape index (κ3) is 2.54. The summed E-state index contributed by atoms with van der Waals surface area (Å²) < 4.78 is 12.8. The van der Waals surface area contributed by atoms with Crippen LogP contribution in [-0.4, -0.2) is 22.3 Å². The highest BCUT2D eigenvalue weighted by atomic mass is 19.1. The molecule has 0 spiro atoms. The molecular weight excluding hydrogens is 255 g/mol. The smallest absolute Gasteiger partial charge is 0.255 e. The number of rotatable bonds is 1. The van der Waals surface area contributed by atoms with E-state index in [1.807, 2.05) is 12.1 Å². The van der Waals surface area contributed by atoms with Gasteiger partial charge in [0.2, 0.25) is 5.95 Å². The molecule has 102 valence electrons. The van der Waals surface area contributed by atoms with Crippen molar-refractivity contribution < 1.29 is 9.18 Å². The minimum Gasteiger partial charge on any atom is -0.334 e. The van der Waals surface area contributed by atoms with Gasteiger partial charge in [-0.15, -0.1) is 0 Å². The summed E-state index contributed by atoms with van der Waals surface area (Å²) in [6, 6.07) is 10.9. The Morgan fingerprint density at radius 3 is 2.70 bits per heavy atom. The van der Waals surface area contributed by atoms with Crippen molar-refractivity contribution in [2.75, 3.05) is 6.54 Å². The van der Waals surface area contributed by atoms with Gasteiger partial charge in [0.25, 0.3) is 5.91 Å². The van der Waals surface area contributed by atoms with Crippen molar-refractivity contribution in [1.29, 1.82) is 0 Å². The van der Waals surface area contributed by atoms with Crippen LogP contribution >= 0.6 is 0 Å². The van der Waals surface area contributed by atoms with Crippen LogP contribution in [0.15, 0.2) is 42.6 Å². The predicted octanol–water partition coefficient (Wildman–Crippen LogP) is 2.81. The Labute approximate surface area is 117 Å². The van der Waals surface area contributed by atoms with E-state index in [-0.39, 0.29) is 5.91 Å². The van der Waals surface area contributed by atoms with Crippen molar-refractivity contribution in [1.82, 2.24) is 9.88 Å². The predicted molar refractivity (Wildman–Crippen MR) is 73.7 cm³/mol. The van der Waals surface area contributed by atoms with Crippen LogP contribution in [0.2, 0.25) is 0 Å². The summed E-state index contributed by atoms with van der Waals surface area (Å²) in [5.41, 5.74) is 2.93. The molecule has 1 amide bonds. The van der Waals surface area contributed by atoms with Gasteiger partial charge in [-0.25, -0.2) is 4.98 Å². The fourth-order valence-corrected chi connectivity index (χ4v) is 2.56. The minimum absolute atomic E-state index is 0.0887. The van der Waals surface area contributed by atoms with Gasteiger partial charge >= 0.3 is 0 Å². The number of carbonyl (C=O) groups excluding carboxylic acids is 1. The van der Waals surface area contributed by atoms with E-state index in [2.05, 4.69) is 17.1 Å². The molecule has 1 aliphatic heterocycles. The lowest BCUT2D eigenvalue weighted by molar-refractivity contribution is 0.0745. The Morgan fingerprint density at radius 2 is 1.95 bits per heavy atom. The first-order valence-corrected chi connectivity index (χ1v) is 6.71. The fraction of sp³-hybridized carbons (Fsp3) is 0.250. The average Bonchev–Trinajstić information content (AvgIpc) is 2.69. The zero-order valence-electron chi connectivity index (χ0n) is 11.1. The van der Waals surface area contributed by atoms with Crippen LogP contribution in [0.25, 0.3) is 0 Å².